The molecule has 0 saturated heterocycles. The standard InChI is InChI=1S/C34H27N3O7S/c1-41-27-14-9-20(16-29(27)43-3)32-25-12-8-19-6-4-5-7-23(19)31(25)35-34-36(32)33(38)30(45-34)18-22-11-15-26(44-22)24-13-10-21(37(39)40)17-28(24)42-2/h4-7,9-11,13-18,32H,8,12H2,1-3H3/b30-18+/t32-/m0/s1. The fourth-order valence-corrected chi connectivity index (χ4v) is 7.03. The number of fused-ring (bicyclic) bond motifs is 3. The Morgan fingerprint density at radius 3 is 2.51 bits per heavy atom. The minimum atomic E-state index is -0.481. The van der Waals surface area contributed by atoms with Crippen molar-refractivity contribution in [3.05, 3.63) is 131 Å². The number of furan rings is 1. The highest BCUT2D eigenvalue weighted by molar-refractivity contribution is 7.07. The normalized spacial score (nSPS) is 15.5. The van der Waals surface area contributed by atoms with Crippen LogP contribution in [0, 0.1) is 10.1 Å². The van der Waals surface area contributed by atoms with Crippen LogP contribution in [0.3, 0.4) is 0 Å². The highest BCUT2D eigenvalue weighted by Gasteiger charge is 2.33. The topological polar surface area (TPSA) is 118 Å². The van der Waals surface area contributed by atoms with Gasteiger partial charge in [0.05, 0.1) is 54.2 Å². The molecule has 3 aromatic carbocycles. The van der Waals surface area contributed by atoms with Gasteiger partial charge in [-0.3, -0.25) is 19.5 Å². The first-order valence-corrected chi connectivity index (χ1v) is 15.0. The molecule has 7 rings (SSSR count). The molecular weight excluding hydrogens is 594 g/mol. The number of nitrogens with zero attached hydrogens (tertiary/aromatic N) is 3. The number of aryl methyl sites for hydroxylation is 1. The van der Waals surface area contributed by atoms with E-state index in [2.05, 4.69) is 12.1 Å². The summed E-state index contributed by atoms with van der Waals surface area (Å²) < 4.78 is 24.8. The van der Waals surface area contributed by atoms with Gasteiger partial charge in [-0.05, 0) is 59.9 Å². The molecule has 0 bridgehead atoms. The summed E-state index contributed by atoms with van der Waals surface area (Å²) in [6.45, 7) is 0. The number of nitro groups is 1. The fraction of sp³-hybridized carbons (Fsp3) is 0.176. The highest BCUT2D eigenvalue weighted by Crippen LogP contribution is 2.43. The van der Waals surface area contributed by atoms with E-state index in [9.17, 15) is 14.9 Å². The van der Waals surface area contributed by atoms with E-state index >= 15 is 0 Å². The van der Waals surface area contributed by atoms with E-state index in [1.807, 2.05) is 30.3 Å². The molecule has 0 fully saturated rings. The zero-order valence-corrected chi connectivity index (χ0v) is 25.4. The van der Waals surface area contributed by atoms with Crippen molar-refractivity contribution in [2.24, 2.45) is 4.99 Å². The molecule has 2 aromatic heterocycles. The van der Waals surface area contributed by atoms with E-state index in [4.69, 9.17) is 23.6 Å². The predicted octanol–water partition coefficient (Wildman–Crippen LogP) is 5.51. The first-order valence-electron chi connectivity index (χ1n) is 14.2. The Kier molecular flexibility index (Phi) is 7.09. The number of non-ortho nitro benzene ring substituents is 1. The van der Waals surface area contributed by atoms with Crippen LogP contribution in [0.1, 0.15) is 34.9 Å². The molecule has 0 saturated carbocycles. The molecule has 0 spiro atoms. The van der Waals surface area contributed by atoms with E-state index in [0.717, 1.165) is 35.2 Å². The lowest BCUT2D eigenvalue weighted by Crippen LogP contribution is -2.38. The van der Waals surface area contributed by atoms with Crippen LogP contribution >= 0.6 is 11.3 Å². The number of benzene rings is 3. The van der Waals surface area contributed by atoms with Gasteiger partial charge in [0.15, 0.2) is 16.3 Å². The maximum Gasteiger partial charge on any atom is 0.273 e. The molecule has 3 heterocycles. The van der Waals surface area contributed by atoms with Crippen LogP contribution in [-0.2, 0) is 6.42 Å². The summed E-state index contributed by atoms with van der Waals surface area (Å²) in [5.41, 5.74) is 5.47. The van der Waals surface area contributed by atoms with E-state index in [0.29, 0.717) is 43.7 Å². The van der Waals surface area contributed by atoms with Gasteiger partial charge in [0.1, 0.15) is 17.3 Å². The molecule has 226 valence electrons. The van der Waals surface area contributed by atoms with Gasteiger partial charge < -0.3 is 18.6 Å². The molecule has 2 aliphatic rings. The predicted molar refractivity (Wildman–Crippen MR) is 170 cm³/mol. The van der Waals surface area contributed by atoms with Crippen LogP contribution in [0.4, 0.5) is 5.69 Å². The molecule has 1 aliphatic heterocycles. The second kappa shape index (κ2) is 11.3. The van der Waals surface area contributed by atoms with Crippen molar-refractivity contribution in [2.45, 2.75) is 18.9 Å². The Morgan fingerprint density at radius 2 is 1.73 bits per heavy atom. The van der Waals surface area contributed by atoms with E-state index in [-0.39, 0.29) is 17.3 Å². The average Bonchev–Trinajstić information content (AvgIpc) is 3.66. The van der Waals surface area contributed by atoms with E-state index in [1.165, 1.54) is 36.1 Å². The van der Waals surface area contributed by atoms with Gasteiger partial charge in [0.25, 0.3) is 11.2 Å². The van der Waals surface area contributed by atoms with Gasteiger partial charge in [-0.25, -0.2) is 4.99 Å². The summed E-state index contributed by atoms with van der Waals surface area (Å²) in [6, 6.07) is 21.5. The largest absolute Gasteiger partial charge is 0.496 e. The van der Waals surface area contributed by atoms with Crippen LogP contribution in [0.2, 0.25) is 0 Å². The zero-order chi connectivity index (χ0) is 31.2. The number of nitro benzene ring substituents is 1. The SMILES string of the molecule is COc1ccc([C@H]2C3=C(N=c4s/c(=C/c5ccc(-c6ccc([N+](=O)[O-])cc6OC)o5)c(=O)n42)c2ccccc2CC3)cc1OC. The molecule has 0 unspecified atom stereocenters. The number of methoxy groups -OCH3 is 3. The van der Waals surface area contributed by atoms with Gasteiger partial charge >= 0.3 is 0 Å². The first kappa shape index (κ1) is 28.4. The molecular formula is C34H27N3O7S. The minimum absolute atomic E-state index is 0.0853. The number of allylic oxidation sites excluding steroid dienone is 1. The van der Waals surface area contributed by atoms with E-state index < -0.39 is 4.92 Å². The lowest BCUT2D eigenvalue weighted by molar-refractivity contribution is -0.384. The third-order valence-corrected chi connectivity index (χ3v) is 9.14. The molecule has 5 aromatic rings. The minimum Gasteiger partial charge on any atom is -0.496 e. The molecule has 0 N–H and O–H groups in total. The van der Waals surface area contributed by atoms with Crippen LogP contribution in [-0.4, -0.2) is 30.8 Å². The maximum atomic E-state index is 14.2. The van der Waals surface area contributed by atoms with Crippen LogP contribution < -0.4 is 29.1 Å². The average molecular weight is 622 g/mol. The van der Waals surface area contributed by atoms with Gasteiger partial charge in [-0.1, -0.05) is 41.7 Å². The van der Waals surface area contributed by atoms with E-state index in [1.54, 1.807) is 43.1 Å². The lowest BCUT2D eigenvalue weighted by Gasteiger charge is -2.31. The van der Waals surface area contributed by atoms with Crippen molar-refractivity contribution in [1.82, 2.24) is 4.57 Å². The van der Waals surface area contributed by atoms with Crippen molar-refractivity contribution in [1.29, 1.82) is 0 Å². The van der Waals surface area contributed by atoms with Gasteiger partial charge in [0.2, 0.25) is 0 Å². The smallest absolute Gasteiger partial charge is 0.273 e. The Labute approximate surface area is 260 Å². The van der Waals surface area contributed by atoms with Gasteiger partial charge in [-0.15, -0.1) is 0 Å². The van der Waals surface area contributed by atoms with Gasteiger partial charge in [0, 0.05) is 17.7 Å². The third-order valence-electron chi connectivity index (χ3n) is 8.16. The van der Waals surface area contributed by atoms with Crippen LogP contribution in [0.5, 0.6) is 17.2 Å². The molecule has 11 heteroatoms. The summed E-state index contributed by atoms with van der Waals surface area (Å²) in [4.78, 5) is 30.6. The second-order valence-corrected chi connectivity index (χ2v) is 11.6. The van der Waals surface area contributed by atoms with Crippen molar-refractivity contribution in [3.8, 4) is 28.6 Å². The molecule has 45 heavy (non-hydrogen) atoms. The molecule has 0 radical (unpaired) electrons. The zero-order valence-electron chi connectivity index (χ0n) is 24.6. The van der Waals surface area contributed by atoms with Crippen molar-refractivity contribution in [3.63, 3.8) is 0 Å². The summed E-state index contributed by atoms with van der Waals surface area (Å²) in [6.07, 6.45) is 3.31. The Morgan fingerprint density at radius 1 is 0.933 bits per heavy atom. The lowest BCUT2D eigenvalue weighted by atomic mass is 9.83. The van der Waals surface area contributed by atoms with Crippen molar-refractivity contribution >= 4 is 28.8 Å². The third kappa shape index (κ3) is 4.81. The number of rotatable bonds is 7. The summed E-state index contributed by atoms with van der Waals surface area (Å²) in [5, 5.41) is 11.2. The van der Waals surface area contributed by atoms with Gasteiger partial charge in [-0.2, -0.15) is 0 Å². The summed E-state index contributed by atoms with van der Waals surface area (Å²) >= 11 is 1.30. The highest BCUT2D eigenvalue weighted by atomic mass is 32.1. The first-order chi connectivity index (χ1) is 21.9. The Balaban J connectivity index is 1.37. The molecule has 10 nitrogen and oxygen atoms in total. The Bertz CT molecular complexity index is 2210. The monoisotopic (exact) mass is 621 g/mol. The number of thiazole rings is 1. The van der Waals surface area contributed by atoms with Crippen LogP contribution in [0.25, 0.3) is 23.1 Å². The number of hydrogen-bond acceptors (Lipinski definition) is 9. The van der Waals surface area contributed by atoms with Crippen molar-refractivity contribution < 1.29 is 23.6 Å². The van der Waals surface area contributed by atoms with Crippen LogP contribution in [0.15, 0.2) is 92.6 Å². The fourth-order valence-electron chi connectivity index (χ4n) is 6.05. The Hall–Kier alpha value is -5.42. The molecule has 0 amide bonds. The molecule has 1 aliphatic carbocycles. The summed E-state index contributed by atoms with van der Waals surface area (Å²) in [7, 11) is 4.63. The molecule has 1 atom stereocenters. The summed E-state index contributed by atoms with van der Waals surface area (Å²) in [5.74, 6) is 2.40. The number of ether oxygens (including phenoxy) is 3. The van der Waals surface area contributed by atoms with Crippen molar-refractivity contribution in [2.75, 3.05) is 21.3 Å². The second-order valence-electron chi connectivity index (χ2n) is 10.6. The number of aromatic nitrogens is 1. The maximum absolute atomic E-state index is 14.2. The quantitative estimate of drug-likeness (QED) is 0.174. The number of hydrogen-bond donors (Lipinski definition) is 0.